The molecule has 1 saturated heterocycles. The number of rotatable bonds is 5. The monoisotopic (exact) mass is 223 g/mol. The highest BCUT2D eigenvalue weighted by Gasteiger charge is 2.17. The molecule has 2 heterocycles. The van der Waals surface area contributed by atoms with Crippen molar-refractivity contribution in [3.8, 4) is 0 Å². The number of aryl methyl sites for hydroxylation is 1. The number of aromatic nitrogens is 2. The largest absolute Gasteiger partial charge is 0.378 e. The lowest BCUT2D eigenvalue weighted by atomic mass is 10.0. The molecule has 90 valence electrons. The molecule has 1 aromatic rings. The Morgan fingerprint density at radius 1 is 1.69 bits per heavy atom. The molecule has 1 aromatic heterocycles. The Kier molecular flexibility index (Phi) is 3.96. The molecule has 1 fully saturated rings. The molecule has 4 nitrogen and oxygen atoms in total. The van der Waals surface area contributed by atoms with Crippen LogP contribution in [0.15, 0.2) is 12.4 Å². The summed E-state index contributed by atoms with van der Waals surface area (Å²) in [6.45, 7) is 3.90. The highest BCUT2D eigenvalue weighted by Crippen LogP contribution is 2.22. The van der Waals surface area contributed by atoms with E-state index in [1.807, 2.05) is 17.1 Å². The third-order valence-electron chi connectivity index (χ3n) is 3.23. The van der Waals surface area contributed by atoms with Gasteiger partial charge >= 0.3 is 0 Å². The Hall–Kier alpha value is -0.870. The van der Waals surface area contributed by atoms with Crippen molar-refractivity contribution in [3.63, 3.8) is 0 Å². The molecule has 1 aliphatic rings. The summed E-state index contributed by atoms with van der Waals surface area (Å²) >= 11 is 0. The van der Waals surface area contributed by atoms with Crippen LogP contribution in [0.25, 0.3) is 0 Å². The minimum absolute atomic E-state index is 0.101. The van der Waals surface area contributed by atoms with Gasteiger partial charge in [0.15, 0.2) is 0 Å². The maximum absolute atomic E-state index is 6.13. The molecule has 1 aliphatic heterocycles. The van der Waals surface area contributed by atoms with Gasteiger partial charge in [-0.1, -0.05) is 0 Å². The van der Waals surface area contributed by atoms with Crippen molar-refractivity contribution >= 4 is 0 Å². The van der Waals surface area contributed by atoms with Crippen molar-refractivity contribution in [2.75, 3.05) is 6.61 Å². The lowest BCUT2D eigenvalue weighted by Crippen LogP contribution is -2.14. The molecule has 2 rings (SSSR count). The van der Waals surface area contributed by atoms with Crippen molar-refractivity contribution in [2.45, 2.75) is 51.3 Å². The molecule has 0 bridgehead atoms. The Bertz CT molecular complexity index is 318. The second kappa shape index (κ2) is 5.46. The van der Waals surface area contributed by atoms with Gasteiger partial charge in [-0.25, -0.2) is 0 Å². The first-order chi connectivity index (χ1) is 7.79. The summed E-state index contributed by atoms with van der Waals surface area (Å²) in [5.74, 6) is 0. The number of ether oxygens (including phenoxy) is 1. The maximum Gasteiger partial charge on any atom is 0.0576 e. The van der Waals surface area contributed by atoms with Crippen LogP contribution < -0.4 is 5.73 Å². The first-order valence-electron chi connectivity index (χ1n) is 6.19. The van der Waals surface area contributed by atoms with Gasteiger partial charge in [-0.05, 0) is 32.6 Å². The van der Waals surface area contributed by atoms with Gasteiger partial charge in [0.05, 0.1) is 12.3 Å². The fourth-order valence-electron chi connectivity index (χ4n) is 2.15. The fraction of sp³-hybridized carbons (Fsp3) is 0.750. The lowest BCUT2D eigenvalue weighted by molar-refractivity contribution is 0.101. The fourth-order valence-corrected chi connectivity index (χ4v) is 2.15. The predicted octanol–water partition coefficient (Wildman–Crippen LogP) is 1.86. The van der Waals surface area contributed by atoms with Gasteiger partial charge in [-0.2, -0.15) is 5.10 Å². The van der Waals surface area contributed by atoms with E-state index in [-0.39, 0.29) is 6.04 Å². The third kappa shape index (κ3) is 2.83. The van der Waals surface area contributed by atoms with Gasteiger partial charge in [-0.3, -0.25) is 4.68 Å². The average molecular weight is 223 g/mol. The van der Waals surface area contributed by atoms with Crippen LogP contribution in [0.3, 0.4) is 0 Å². The number of nitrogens with zero attached hydrogens (tertiary/aromatic N) is 2. The van der Waals surface area contributed by atoms with E-state index in [0.717, 1.165) is 31.6 Å². The van der Waals surface area contributed by atoms with E-state index in [0.29, 0.717) is 6.10 Å². The molecule has 0 aliphatic carbocycles. The van der Waals surface area contributed by atoms with Gasteiger partial charge in [-0.15, -0.1) is 0 Å². The molecular weight excluding hydrogens is 202 g/mol. The summed E-state index contributed by atoms with van der Waals surface area (Å²) in [5.41, 5.74) is 7.27. The first-order valence-corrected chi connectivity index (χ1v) is 6.19. The molecule has 0 aromatic carbocycles. The van der Waals surface area contributed by atoms with Crippen LogP contribution >= 0.6 is 0 Å². The average Bonchev–Trinajstić information content (AvgIpc) is 2.96. The van der Waals surface area contributed by atoms with E-state index in [1.165, 1.54) is 12.8 Å². The molecule has 2 N–H and O–H groups in total. The standard InChI is InChI=1S/C12H21N3O/c1-2-15-9-10(8-14-15)12(13)6-5-11-4-3-7-16-11/h8-9,11-12H,2-7,13H2,1H3. The molecule has 2 atom stereocenters. The molecule has 0 spiro atoms. The molecule has 0 saturated carbocycles. The smallest absolute Gasteiger partial charge is 0.0576 e. The predicted molar refractivity (Wildman–Crippen MR) is 63.0 cm³/mol. The maximum atomic E-state index is 6.13. The van der Waals surface area contributed by atoms with E-state index in [1.54, 1.807) is 0 Å². The Morgan fingerprint density at radius 3 is 3.19 bits per heavy atom. The van der Waals surface area contributed by atoms with E-state index < -0.39 is 0 Å². The zero-order valence-corrected chi connectivity index (χ0v) is 9.93. The highest BCUT2D eigenvalue weighted by atomic mass is 16.5. The zero-order chi connectivity index (χ0) is 11.4. The van der Waals surface area contributed by atoms with E-state index >= 15 is 0 Å². The van der Waals surface area contributed by atoms with E-state index in [4.69, 9.17) is 10.5 Å². The second-order valence-electron chi connectivity index (χ2n) is 4.45. The third-order valence-corrected chi connectivity index (χ3v) is 3.23. The molecule has 16 heavy (non-hydrogen) atoms. The summed E-state index contributed by atoms with van der Waals surface area (Å²) in [6.07, 6.45) is 8.81. The Morgan fingerprint density at radius 2 is 2.56 bits per heavy atom. The first kappa shape index (κ1) is 11.6. The van der Waals surface area contributed by atoms with Gasteiger partial charge in [0.25, 0.3) is 0 Å². The SMILES string of the molecule is CCn1cc(C(N)CCC2CCCO2)cn1. The van der Waals surface area contributed by atoms with Crippen molar-refractivity contribution in [1.82, 2.24) is 9.78 Å². The van der Waals surface area contributed by atoms with Gasteiger partial charge in [0, 0.05) is 31.0 Å². The number of hydrogen-bond acceptors (Lipinski definition) is 3. The quantitative estimate of drug-likeness (QED) is 0.829. The molecule has 0 radical (unpaired) electrons. The van der Waals surface area contributed by atoms with Crippen LogP contribution in [-0.4, -0.2) is 22.5 Å². The summed E-state index contributed by atoms with van der Waals surface area (Å²) in [7, 11) is 0. The highest BCUT2D eigenvalue weighted by molar-refractivity contribution is 5.09. The van der Waals surface area contributed by atoms with Crippen LogP contribution in [0.1, 0.15) is 44.2 Å². The van der Waals surface area contributed by atoms with E-state index in [2.05, 4.69) is 12.0 Å². The second-order valence-corrected chi connectivity index (χ2v) is 4.45. The molecule has 0 amide bonds. The summed E-state index contributed by atoms with van der Waals surface area (Å²) in [6, 6.07) is 0.101. The summed E-state index contributed by atoms with van der Waals surface area (Å²) in [4.78, 5) is 0. The Labute approximate surface area is 96.8 Å². The van der Waals surface area contributed by atoms with Crippen LogP contribution in [0.2, 0.25) is 0 Å². The van der Waals surface area contributed by atoms with Crippen LogP contribution in [0.4, 0.5) is 0 Å². The van der Waals surface area contributed by atoms with E-state index in [9.17, 15) is 0 Å². The van der Waals surface area contributed by atoms with Crippen molar-refractivity contribution < 1.29 is 4.74 Å². The van der Waals surface area contributed by atoms with Crippen LogP contribution in [0, 0.1) is 0 Å². The van der Waals surface area contributed by atoms with Gasteiger partial charge in [0.2, 0.25) is 0 Å². The summed E-state index contributed by atoms with van der Waals surface area (Å²) < 4.78 is 7.51. The minimum atomic E-state index is 0.101. The number of nitrogens with two attached hydrogens (primary N) is 1. The topological polar surface area (TPSA) is 53.1 Å². The van der Waals surface area contributed by atoms with Crippen LogP contribution in [-0.2, 0) is 11.3 Å². The minimum Gasteiger partial charge on any atom is -0.378 e. The van der Waals surface area contributed by atoms with Crippen molar-refractivity contribution in [1.29, 1.82) is 0 Å². The van der Waals surface area contributed by atoms with Crippen molar-refractivity contribution in [3.05, 3.63) is 18.0 Å². The molecule has 4 heteroatoms. The van der Waals surface area contributed by atoms with Crippen molar-refractivity contribution in [2.24, 2.45) is 5.73 Å². The normalized spacial score (nSPS) is 22.5. The summed E-state index contributed by atoms with van der Waals surface area (Å²) in [5, 5.41) is 4.24. The number of hydrogen-bond donors (Lipinski definition) is 1. The lowest BCUT2D eigenvalue weighted by Gasteiger charge is -2.13. The Balaban J connectivity index is 1.80. The molecular formula is C12H21N3O. The van der Waals surface area contributed by atoms with Crippen LogP contribution in [0.5, 0.6) is 0 Å². The molecule has 2 unspecified atom stereocenters. The van der Waals surface area contributed by atoms with Gasteiger partial charge < -0.3 is 10.5 Å². The van der Waals surface area contributed by atoms with Gasteiger partial charge in [0.1, 0.15) is 0 Å². The zero-order valence-electron chi connectivity index (χ0n) is 9.93.